The van der Waals surface area contributed by atoms with Gasteiger partial charge in [0.05, 0.1) is 25.9 Å². The Kier molecular flexibility index (Phi) is 4.23. The molecule has 2 heterocycles. The number of hydrogen-bond donors (Lipinski definition) is 0. The van der Waals surface area contributed by atoms with Crippen molar-refractivity contribution in [2.24, 2.45) is 5.92 Å². The first-order valence-electron chi connectivity index (χ1n) is 8.63. The van der Waals surface area contributed by atoms with Crippen LogP contribution in [0.3, 0.4) is 0 Å². The number of morpholine rings is 2. The number of rotatable bonds is 2. The first kappa shape index (κ1) is 15.0. The van der Waals surface area contributed by atoms with Gasteiger partial charge in [0.1, 0.15) is 6.10 Å². The Labute approximate surface area is 137 Å². The summed E-state index contributed by atoms with van der Waals surface area (Å²) in [5.74, 6) is 0.626. The standard InChI is InChI=1S/C18H24N2O3/c21-18(19-8-10-22-11-9-19)20-12-16(14-4-2-1-3-5-14)23-17(13-20)15-6-7-15/h1-5,15-17H,6-13H2/t16-,17+/m0/s1. The number of ether oxygens (including phenoxy) is 2. The van der Waals surface area contributed by atoms with Gasteiger partial charge in [-0.1, -0.05) is 30.3 Å². The average molecular weight is 316 g/mol. The lowest BCUT2D eigenvalue weighted by atomic mass is 10.1. The largest absolute Gasteiger partial charge is 0.378 e. The first-order chi connectivity index (χ1) is 11.3. The van der Waals surface area contributed by atoms with E-state index in [2.05, 4.69) is 12.1 Å². The molecule has 3 fully saturated rings. The maximum atomic E-state index is 12.9. The molecule has 2 saturated heterocycles. The van der Waals surface area contributed by atoms with Gasteiger partial charge in [0.15, 0.2) is 0 Å². The van der Waals surface area contributed by atoms with E-state index in [4.69, 9.17) is 9.47 Å². The minimum atomic E-state index is -0.0134. The van der Waals surface area contributed by atoms with E-state index in [0.29, 0.717) is 38.8 Å². The molecule has 4 rings (SSSR count). The molecule has 3 aliphatic rings. The van der Waals surface area contributed by atoms with Gasteiger partial charge in [-0.15, -0.1) is 0 Å². The van der Waals surface area contributed by atoms with Crippen LogP contribution >= 0.6 is 0 Å². The van der Waals surface area contributed by atoms with Crippen LogP contribution in [-0.2, 0) is 9.47 Å². The van der Waals surface area contributed by atoms with Crippen molar-refractivity contribution in [2.45, 2.75) is 25.0 Å². The summed E-state index contributed by atoms with van der Waals surface area (Å²) in [4.78, 5) is 16.8. The van der Waals surface area contributed by atoms with Crippen molar-refractivity contribution < 1.29 is 14.3 Å². The molecule has 1 aliphatic carbocycles. The van der Waals surface area contributed by atoms with Crippen molar-refractivity contribution in [3.05, 3.63) is 35.9 Å². The Morgan fingerprint density at radius 2 is 1.74 bits per heavy atom. The Morgan fingerprint density at radius 3 is 2.43 bits per heavy atom. The Hall–Kier alpha value is -1.59. The quantitative estimate of drug-likeness (QED) is 0.841. The lowest BCUT2D eigenvalue weighted by Gasteiger charge is -2.41. The van der Waals surface area contributed by atoms with Crippen molar-refractivity contribution in [2.75, 3.05) is 39.4 Å². The first-order valence-corrected chi connectivity index (χ1v) is 8.63. The summed E-state index contributed by atoms with van der Waals surface area (Å²) in [5.41, 5.74) is 1.16. The van der Waals surface area contributed by atoms with Crippen LogP contribution in [0.2, 0.25) is 0 Å². The number of urea groups is 1. The van der Waals surface area contributed by atoms with Gasteiger partial charge in [0.25, 0.3) is 0 Å². The molecule has 0 radical (unpaired) electrons. The molecule has 0 unspecified atom stereocenters. The van der Waals surface area contributed by atoms with Gasteiger partial charge in [0.2, 0.25) is 0 Å². The molecule has 5 heteroatoms. The summed E-state index contributed by atoms with van der Waals surface area (Å²) >= 11 is 0. The molecule has 5 nitrogen and oxygen atoms in total. The molecule has 2 aliphatic heterocycles. The summed E-state index contributed by atoms with van der Waals surface area (Å²) < 4.78 is 11.7. The van der Waals surface area contributed by atoms with Crippen LogP contribution in [0, 0.1) is 5.92 Å². The van der Waals surface area contributed by atoms with E-state index in [1.165, 1.54) is 12.8 Å². The van der Waals surface area contributed by atoms with Crippen LogP contribution in [0.15, 0.2) is 30.3 Å². The lowest BCUT2D eigenvalue weighted by molar-refractivity contribution is -0.0883. The Morgan fingerprint density at radius 1 is 1.00 bits per heavy atom. The fourth-order valence-electron chi connectivity index (χ4n) is 3.48. The monoisotopic (exact) mass is 316 g/mol. The fourth-order valence-corrected chi connectivity index (χ4v) is 3.48. The highest BCUT2D eigenvalue weighted by atomic mass is 16.5. The third-order valence-corrected chi connectivity index (χ3v) is 5.00. The molecule has 1 saturated carbocycles. The Bertz CT molecular complexity index is 540. The minimum Gasteiger partial charge on any atom is -0.378 e. The summed E-state index contributed by atoms with van der Waals surface area (Å²) in [7, 11) is 0. The molecule has 0 spiro atoms. The van der Waals surface area contributed by atoms with Crippen LogP contribution in [0.25, 0.3) is 0 Å². The van der Waals surface area contributed by atoms with E-state index in [0.717, 1.165) is 12.1 Å². The Balaban J connectivity index is 1.50. The number of nitrogens with zero attached hydrogens (tertiary/aromatic N) is 2. The van der Waals surface area contributed by atoms with E-state index in [1.54, 1.807) is 0 Å². The predicted octanol–water partition coefficient (Wildman–Crippen LogP) is 2.29. The smallest absolute Gasteiger partial charge is 0.320 e. The van der Waals surface area contributed by atoms with Crippen molar-refractivity contribution >= 4 is 6.03 Å². The maximum absolute atomic E-state index is 12.9. The molecule has 0 N–H and O–H groups in total. The zero-order chi connectivity index (χ0) is 15.6. The lowest BCUT2D eigenvalue weighted by Crippen LogP contribution is -2.54. The van der Waals surface area contributed by atoms with E-state index in [9.17, 15) is 4.79 Å². The topological polar surface area (TPSA) is 42.0 Å². The van der Waals surface area contributed by atoms with Crippen molar-refractivity contribution in [1.82, 2.24) is 9.80 Å². The van der Waals surface area contributed by atoms with Crippen LogP contribution in [-0.4, -0.2) is 61.3 Å². The van der Waals surface area contributed by atoms with Gasteiger partial charge in [-0.25, -0.2) is 4.79 Å². The molecule has 1 aromatic rings. The van der Waals surface area contributed by atoms with Gasteiger partial charge in [-0.3, -0.25) is 0 Å². The van der Waals surface area contributed by atoms with E-state index >= 15 is 0 Å². The normalized spacial score (nSPS) is 28.7. The van der Waals surface area contributed by atoms with E-state index in [-0.39, 0.29) is 18.2 Å². The van der Waals surface area contributed by atoms with Crippen LogP contribution in [0.1, 0.15) is 24.5 Å². The molecule has 0 bridgehead atoms. The minimum absolute atomic E-state index is 0.0134. The van der Waals surface area contributed by atoms with Gasteiger partial charge in [-0.05, 0) is 24.3 Å². The molecule has 2 atom stereocenters. The number of carbonyl (C=O) groups is 1. The van der Waals surface area contributed by atoms with Crippen LogP contribution in [0.4, 0.5) is 4.79 Å². The van der Waals surface area contributed by atoms with Gasteiger partial charge < -0.3 is 19.3 Å². The molecule has 0 aromatic heterocycles. The van der Waals surface area contributed by atoms with Crippen molar-refractivity contribution in [1.29, 1.82) is 0 Å². The second kappa shape index (κ2) is 6.49. The van der Waals surface area contributed by atoms with Crippen molar-refractivity contribution in [3.63, 3.8) is 0 Å². The van der Waals surface area contributed by atoms with E-state index in [1.807, 2.05) is 28.0 Å². The molecule has 1 aromatic carbocycles. The average Bonchev–Trinajstić information content (AvgIpc) is 3.47. The summed E-state index contributed by atoms with van der Waals surface area (Å²) in [6.45, 7) is 4.04. The fraction of sp³-hybridized carbons (Fsp3) is 0.611. The van der Waals surface area contributed by atoms with Crippen LogP contribution in [0.5, 0.6) is 0 Å². The number of carbonyl (C=O) groups excluding carboxylic acids is 1. The highest BCUT2D eigenvalue weighted by Gasteiger charge is 2.41. The SMILES string of the molecule is O=C(N1CCOCC1)N1C[C@@H](c2ccccc2)O[C@@H](C2CC2)C1. The summed E-state index contributed by atoms with van der Waals surface area (Å²) in [5, 5.41) is 0. The highest BCUT2D eigenvalue weighted by molar-refractivity contribution is 5.74. The van der Waals surface area contributed by atoms with Gasteiger partial charge >= 0.3 is 6.03 Å². The second-order valence-corrected chi connectivity index (χ2v) is 6.70. The number of benzene rings is 1. The van der Waals surface area contributed by atoms with Gasteiger partial charge in [-0.2, -0.15) is 0 Å². The number of amides is 2. The summed E-state index contributed by atoms with van der Waals surface area (Å²) in [6, 6.07) is 10.4. The van der Waals surface area contributed by atoms with Crippen LogP contribution < -0.4 is 0 Å². The van der Waals surface area contributed by atoms with Crippen molar-refractivity contribution in [3.8, 4) is 0 Å². The number of hydrogen-bond acceptors (Lipinski definition) is 3. The molecular weight excluding hydrogens is 292 g/mol. The molecule has 23 heavy (non-hydrogen) atoms. The third-order valence-electron chi connectivity index (χ3n) is 5.00. The van der Waals surface area contributed by atoms with Gasteiger partial charge in [0, 0.05) is 19.6 Å². The highest BCUT2D eigenvalue weighted by Crippen LogP contribution is 2.39. The second-order valence-electron chi connectivity index (χ2n) is 6.70. The zero-order valence-electron chi connectivity index (χ0n) is 13.4. The molecule has 2 amide bonds. The zero-order valence-corrected chi connectivity index (χ0v) is 13.4. The summed E-state index contributed by atoms with van der Waals surface area (Å²) in [6.07, 6.45) is 2.62. The maximum Gasteiger partial charge on any atom is 0.320 e. The van der Waals surface area contributed by atoms with E-state index < -0.39 is 0 Å². The predicted molar refractivity (Wildman–Crippen MR) is 86.1 cm³/mol. The molecular formula is C18H24N2O3. The third kappa shape index (κ3) is 3.35. The molecule has 124 valence electrons.